The first-order chi connectivity index (χ1) is 8.88. The van der Waals surface area contributed by atoms with E-state index in [1.807, 2.05) is 6.92 Å². The molecule has 0 heterocycles. The lowest BCUT2D eigenvalue weighted by Gasteiger charge is -2.14. The second-order valence-corrected chi connectivity index (χ2v) is 4.32. The second-order valence-electron chi connectivity index (χ2n) is 4.32. The summed E-state index contributed by atoms with van der Waals surface area (Å²) in [6.07, 6.45) is -3.81. The van der Waals surface area contributed by atoms with Crippen LogP contribution in [0, 0.1) is 5.82 Å². The average Bonchev–Trinajstić information content (AvgIpc) is 2.30. The van der Waals surface area contributed by atoms with Crippen LogP contribution in [0.4, 0.5) is 17.6 Å². The van der Waals surface area contributed by atoms with E-state index in [0.29, 0.717) is 18.5 Å². The molecule has 0 fully saturated rings. The summed E-state index contributed by atoms with van der Waals surface area (Å²) in [6, 6.07) is 6.40. The maximum absolute atomic E-state index is 13.3. The number of halogens is 4. The minimum Gasteiger partial charge on any atom is -0.371 e. The van der Waals surface area contributed by atoms with E-state index in [-0.39, 0.29) is 18.5 Å². The third kappa shape index (κ3) is 7.12. The molecule has 0 bridgehead atoms. The Bertz CT molecular complexity index is 381. The van der Waals surface area contributed by atoms with Crippen molar-refractivity contribution in [3.05, 3.63) is 35.6 Å². The van der Waals surface area contributed by atoms with Gasteiger partial charge in [-0.3, -0.25) is 0 Å². The van der Waals surface area contributed by atoms with Gasteiger partial charge in [0.1, 0.15) is 12.4 Å². The minimum atomic E-state index is -4.29. The number of rotatable bonds is 7. The third-order valence-corrected chi connectivity index (χ3v) is 2.49. The number of ether oxygens (including phenoxy) is 1. The van der Waals surface area contributed by atoms with Gasteiger partial charge in [0.2, 0.25) is 0 Å². The van der Waals surface area contributed by atoms with Gasteiger partial charge < -0.3 is 10.1 Å². The Morgan fingerprint density at radius 2 is 1.95 bits per heavy atom. The van der Waals surface area contributed by atoms with Crippen LogP contribution in [0.1, 0.15) is 12.5 Å². The molecule has 0 radical (unpaired) electrons. The van der Waals surface area contributed by atoms with Crippen molar-refractivity contribution >= 4 is 0 Å². The number of hydrogen-bond acceptors (Lipinski definition) is 2. The summed E-state index contributed by atoms with van der Waals surface area (Å²) >= 11 is 0. The van der Waals surface area contributed by atoms with Crippen LogP contribution in [-0.2, 0) is 11.2 Å². The highest BCUT2D eigenvalue weighted by Gasteiger charge is 2.27. The molecule has 1 atom stereocenters. The van der Waals surface area contributed by atoms with Crippen molar-refractivity contribution in [2.45, 2.75) is 25.6 Å². The summed E-state index contributed by atoms with van der Waals surface area (Å²) in [7, 11) is 0. The fraction of sp³-hybridized carbons (Fsp3) is 0.538. The minimum absolute atomic E-state index is 0.0267. The summed E-state index contributed by atoms with van der Waals surface area (Å²) in [5, 5.41) is 2.99. The Labute approximate surface area is 109 Å². The van der Waals surface area contributed by atoms with Crippen LogP contribution in [0.3, 0.4) is 0 Å². The zero-order valence-corrected chi connectivity index (χ0v) is 10.6. The number of hydrogen-bond donors (Lipinski definition) is 1. The predicted octanol–water partition coefficient (Wildman–Crippen LogP) is 2.93. The summed E-state index contributed by atoms with van der Waals surface area (Å²) in [4.78, 5) is 0. The zero-order chi connectivity index (χ0) is 14.3. The molecule has 2 nitrogen and oxygen atoms in total. The van der Waals surface area contributed by atoms with E-state index in [4.69, 9.17) is 0 Å². The summed E-state index contributed by atoms with van der Waals surface area (Å²) in [5.41, 5.74) is 0.582. The molecular formula is C13H17F4NO. The first-order valence-electron chi connectivity index (χ1n) is 6.00. The molecule has 0 spiro atoms. The lowest BCUT2D eigenvalue weighted by atomic mass is 10.1. The van der Waals surface area contributed by atoms with Crippen molar-refractivity contribution in [3.63, 3.8) is 0 Å². The van der Waals surface area contributed by atoms with E-state index in [2.05, 4.69) is 10.1 Å². The smallest absolute Gasteiger partial charge is 0.371 e. The molecule has 0 amide bonds. The SMILES string of the molecule is CC(Cc1ccccc1F)NCCOCC(F)(F)F. The average molecular weight is 279 g/mol. The van der Waals surface area contributed by atoms with Gasteiger partial charge in [-0.1, -0.05) is 18.2 Å². The van der Waals surface area contributed by atoms with Crippen LogP contribution in [-0.4, -0.2) is 32.0 Å². The topological polar surface area (TPSA) is 21.3 Å². The molecule has 1 rings (SSSR count). The molecule has 1 unspecified atom stereocenters. The van der Waals surface area contributed by atoms with Crippen LogP contribution in [0.25, 0.3) is 0 Å². The molecule has 0 aliphatic carbocycles. The highest BCUT2D eigenvalue weighted by molar-refractivity contribution is 5.18. The Morgan fingerprint density at radius 1 is 1.26 bits per heavy atom. The van der Waals surface area contributed by atoms with Crippen molar-refractivity contribution in [3.8, 4) is 0 Å². The second kappa shape index (κ2) is 7.45. The van der Waals surface area contributed by atoms with Gasteiger partial charge in [0.25, 0.3) is 0 Å². The van der Waals surface area contributed by atoms with Crippen molar-refractivity contribution < 1.29 is 22.3 Å². The Balaban J connectivity index is 2.18. The first kappa shape index (κ1) is 15.9. The van der Waals surface area contributed by atoms with Crippen molar-refractivity contribution in [1.82, 2.24) is 5.32 Å². The van der Waals surface area contributed by atoms with E-state index in [9.17, 15) is 17.6 Å². The van der Waals surface area contributed by atoms with E-state index in [0.717, 1.165) is 0 Å². The number of nitrogens with one attached hydrogen (secondary N) is 1. The maximum atomic E-state index is 13.3. The lowest BCUT2D eigenvalue weighted by Crippen LogP contribution is -2.32. The first-order valence-corrected chi connectivity index (χ1v) is 6.00. The Hall–Kier alpha value is -1.14. The summed E-state index contributed by atoms with van der Waals surface area (Å²) < 4.78 is 53.2. The molecule has 0 aliphatic rings. The van der Waals surface area contributed by atoms with Gasteiger partial charge in [-0.15, -0.1) is 0 Å². The van der Waals surface area contributed by atoms with Gasteiger partial charge in [0, 0.05) is 12.6 Å². The van der Waals surface area contributed by atoms with Crippen molar-refractivity contribution in [2.75, 3.05) is 19.8 Å². The van der Waals surface area contributed by atoms with Crippen LogP contribution in [0.5, 0.6) is 0 Å². The molecule has 0 aromatic heterocycles. The number of alkyl halides is 3. The van der Waals surface area contributed by atoms with Gasteiger partial charge in [-0.25, -0.2) is 4.39 Å². The molecule has 1 N–H and O–H groups in total. The molecule has 0 saturated carbocycles. The van der Waals surface area contributed by atoms with Crippen molar-refractivity contribution in [1.29, 1.82) is 0 Å². The third-order valence-electron chi connectivity index (χ3n) is 2.49. The van der Waals surface area contributed by atoms with Crippen LogP contribution >= 0.6 is 0 Å². The van der Waals surface area contributed by atoms with E-state index in [1.165, 1.54) is 6.07 Å². The Kier molecular flexibility index (Phi) is 6.24. The van der Waals surface area contributed by atoms with E-state index in [1.54, 1.807) is 18.2 Å². The zero-order valence-electron chi connectivity index (χ0n) is 10.6. The van der Waals surface area contributed by atoms with Gasteiger partial charge in [0.05, 0.1) is 6.61 Å². The standard InChI is InChI=1S/C13H17F4NO/c1-10(8-11-4-2-3-5-12(11)14)18-6-7-19-9-13(15,16)17/h2-5,10,18H,6-9H2,1H3. The van der Waals surface area contributed by atoms with Gasteiger partial charge in [0.15, 0.2) is 0 Å². The van der Waals surface area contributed by atoms with Crippen molar-refractivity contribution in [2.24, 2.45) is 0 Å². The van der Waals surface area contributed by atoms with Crippen LogP contribution in [0.15, 0.2) is 24.3 Å². The summed E-state index contributed by atoms with van der Waals surface area (Å²) in [5.74, 6) is -0.274. The lowest BCUT2D eigenvalue weighted by molar-refractivity contribution is -0.173. The van der Waals surface area contributed by atoms with Gasteiger partial charge >= 0.3 is 6.18 Å². The van der Waals surface area contributed by atoms with Crippen LogP contribution in [0.2, 0.25) is 0 Å². The normalized spacial score (nSPS) is 13.5. The van der Waals surface area contributed by atoms with E-state index >= 15 is 0 Å². The fourth-order valence-corrected chi connectivity index (χ4v) is 1.63. The highest BCUT2D eigenvalue weighted by Crippen LogP contribution is 2.14. The molecule has 1 aromatic rings. The molecule has 108 valence electrons. The van der Waals surface area contributed by atoms with Gasteiger partial charge in [-0.05, 0) is 25.0 Å². The monoisotopic (exact) mass is 279 g/mol. The molecule has 19 heavy (non-hydrogen) atoms. The fourth-order valence-electron chi connectivity index (χ4n) is 1.63. The maximum Gasteiger partial charge on any atom is 0.411 e. The number of benzene rings is 1. The molecular weight excluding hydrogens is 262 g/mol. The van der Waals surface area contributed by atoms with Crippen LogP contribution < -0.4 is 5.32 Å². The Morgan fingerprint density at radius 3 is 2.58 bits per heavy atom. The van der Waals surface area contributed by atoms with E-state index < -0.39 is 12.8 Å². The molecule has 0 saturated heterocycles. The van der Waals surface area contributed by atoms with Gasteiger partial charge in [-0.2, -0.15) is 13.2 Å². The largest absolute Gasteiger partial charge is 0.411 e. The highest BCUT2D eigenvalue weighted by atomic mass is 19.4. The summed E-state index contributed by atoms with van der Waals surface area (Å²) in [6.45, 7) is 0.874. The molecule has 0 aliphatic heterocycles. The predicted molar refractivity (Wildman–Crippen MR) is 64.4 cm³/mol. The molecule has 6 heteroatoms. The quantitative estimate of drug-likeness (QED) is 0.612. The molecule has 1 aromatic carbocycles.